The van der Waals surface area contributed by atoms with Crippen molar-refractivity contribution in [2.45, 2.75) is 25.3 Å². The third kappa shape index (κ3) is 4.06. The molecule has 0 spiro atoms. The molecule has 6 heteroatoms. The van der Waals surface area contributed by atoms with Crippen molar-refractivity contribution in [2.24, 2.45) is 5.73 Å². The summed E-state index contributed by atoms with van der Waals surface area (Å²) in [5.41, 5.74) is 8.24. The zero-order valence-corrected chi connectivity index (χ0v) is 13.5. The van der Waals surface area contributed by atoms with Crippen molar-refractivity contribution in [3.63, 3.8) is 0 Å². The molecule has 1 atom stereocenters. The molecule has 120 valence electrons. The van der Waals surface area contributed by atoms with E-state index in [4.69, 9.17) is 22.3 Å². The normalized spacial score (nSPS) is 18.2. The highest BCUT2D eigenvalue weighted by molar-refractivity contribution is 6.30. The molecule has 1 saturated heterocycles. The van der Waals surface area contributed by atoms with Crippen LogP contribution in [0.25, 0.3) is 0 Å². The van der Waals surface area contributed by atoms with E-state index in [-0.39, 0.29) is 18.5 Å². The molecule has 1 unspecified atom stereocenters. The maximum atomic E-state index is 11.2. The number of nitrogens with two attached hydrogens (primary N) is 1. The van der Waals surface area contributed by atoms with E-state index >= 15 is 0 Å². The number of hydrogen-bond donors (Lipinski definition) is 1. The van der Waals surface area contributed by atoms with Gasteiger partial charge in [0.25, 0.3) is 0 Å². The summed E-state index contributed by atoms with van der Waals surface area (Å²) in [6.45, 7) is 1.14. The van der Waals surface area contributed by atoms with Gasteiger partial charge in [-0.3, -0.25) is 19.7 Å². The van der Waals surface area contributed by atoms with Crippen LogP contribution < -0.4 is 5.73 Å². The molecule has 2 N–H and O–H groups in total. The summed E-state index contributed by atoms with van der Waals surface area (Å²) >= 11 is 6.03. The molecule has 1 aliphatic rings. The lowest BCUT2D eigenvalue weighted by molar-refractivity contribution is -0.119. The first kappa shape index (κ1) is 15.9. The first-order chi connectivity index (χ1) is 11.1. The van der Waals surface area contributed by atoms with Gasteiger partial charge in [0.05, 0.1) is 24.0 Å². The second-order valence-electron chi connectivity index (χ2n) is 5.84. The predicted octanol–water partition coefficient (Wildman–Crippen LogP) is 2.34. The molecule has 5 nitrogen and oxygen atoms in total. The van der Waals surface area contributed by atoms with Gasteiger partial charge in [0.2, 0.25) is 5.91 Å². The van der Waals surface area contributed by atoms with Gasteiger partial charge in [-0.1, -0.05) is 23.7 Å². The van der Waals surface area contributed by atoms with E-state index in [2.05, 4.69) is 9.88 Å². The zero-order valence-electron chi connectivity index (χ0n) is 12.8. The Morgan fingerprint density at radius 3 is 3.04 bits per heavy atom. The highest BCUT2D eigenvalue weighted by Gasteiger charge is 2.28. The minimum Gasteiger partial charge on any atom is -0.369 e. The number of carbonyl (C=O) groups is 1. The number of aromatic nitrogens is 2. The molecule has 0 saturated carbocycles. The highest BCUT2D eigenvalue weighted by Crippen LogP contribution is 2.30. The lowest BCUT2D eigenvalue weighted by Gasteiger charge is -2.22. The van der Waals surface area contributed by atoms with E-state index in [0.29, 0.717) is 6.42 Å². The van der Waals surface area contributed by atoms with Crippen LogP contribution in [-0.2, 0) is 11.2 Å². The fraction of sp³-hybridized carbons (Fsp3) is 0.353. The van der Waals surface area contributed by atoms with Crippen LogP contribution in [0.15, 0.2) is 36.7 Å². The molecule has 2 heterocycles. The number of amides is 1. The van der Waals surface area contributed by atoms with Crippen LogP contribution >= 0.6 is 11.6 Å². The molecule has 23 heavy (non-hydrogen) atoms. The van der Waals surface area contributed by atoms with Crippen LogP contribution in [0.3, 0.4) is 0 Å². The van der Waals surface area contributed by atoms with E-state index in [0.717, 1.165) is 41.4 Å². The Hall–Kier alpha value is -1.98. The van der Waals surface area contributed by atoms with Crippen molar-refractivity contribution in [1.82, 2.24) is 14.9 Å². The molecule has 2 aromatic rings. The summed E-state index contributed by atoms with van der Waals surface area (Å²) in [7, 11) is 0. The van der Waals surface area contributed by atoms with Crippen LogP contribution in [0.4, 0.5) is 0 Å². The van der Waals surface area contributed by atoms with Gasteiger partial charge in [-0.25, -0.2) is 0 Å². The number of nitrogens with zero attached hydrogens (tertiary/aromatic N) is 3. The second-order valence-corrected chi connectivity index (χ2v) is 6.27. The number of primary amides is 1. The highest BCUT2D eigenvalue weighted by atomic mass is 35.5. The van der Waals surface area contributed by atoms with Crippen molar-refractivity contribution < 1.29 is 4.79 Å². The molecular formula is C17H19ClN4O. The summed E-state index contributed by atoms with van der Waals surface area (Å²) in [5.74, 6) is -0.306. The number of halogens is 1. The van der Waals surface area contributed by atoms with Gasteiger partial charge in [0.15, 0.2) is 0 Å². The van der Waals surface area contributed by atoms with E-state index in [1.54, 1.807) is 12.4 Å². The van der Waals surface area contributed by atoms with Crippen molar-refractivity contribution in [2.75, 3.05) is 13.1 Å². The molecular weight excluding hydrogens is 312 g/mol. The van der Waals surface area contributed by atoms with Crippen molar-refractivity contribution in [1.29, 1.82) is 0 Å². The first-order valence-corrected chi connectivity index (χ1v) is 8.07. The van der Waals surface area contributed by atoms with E-state index in [1.165, 1.54) is 0 Å². The zero-order chi connectivity index (χ0) is 16.2. The lowest BCUT2D eigenvalue weighted by atomic mass is 10.1. The maximum absolute atomic E-state index is 11.2. The molecule has 1 aromatic heterocycles. The van der Waals surface area contributed by atoms with Gasteiger partial charge in [0, 0.05) is 23.8 Å². The van der Waals surface area contributed by atoms with Crippen LogP contribution in [-0.4, -0.2) is 33.9 Å². The molecule has 1 aliphatic heterocycles. The van der Waals surface area contributed by atoms with E-state index in [1.807, 2.05) is 24.3 Å². The lowest BCUT2D eigenvalue weighted by Crippen LogP contribution is -2.33. The van der Waals surface area contributed by atoms with Gasteiger partial charge in [0.1, 0.15) is 0 Å². The van der Waals surface area contributed by atoms with Crippen molar-refractivity contribution >= 4 is 17.5 Å². The molecule has 0 aliphatic carbocycles. The van der Waals surface area contributed by atoms with Crippen LogP contribution in [0.1, 0.15) is 35.8 Å². The molecule has 3 rings (SSSR count). The summed E-state index contributed by atoms with van der Waals surface area (Å²) in [5, 5.41) is 0.718. The smallest absolute Gasteiger partial charge is 0.231 e. The van der Waals surface area contributed by atoms with Gasteiger partial charge in [-0.05, 0) is 37.1 Å². The predicted molar refractivity (Wildman–Crippen MR) is 89.0 cm³/mol. The fourth-order valence-electron chi connectivity index (χ4n) is 3.08. The van der Waals surface area contributed by atoms with Gasteiger partial charge >= 0.3 is 0 Å². The third-order valence-corrected chi connectivity index (χ3v) is 4.28. The Bertz CT molecular complexity index is 706. The topological polar surface area (TPSA) is 72.1 Å². The average molecular weight is 331 g/mol. The number of carbonyl (C=O) groups excluding carboxylic acids is 1. The van der Waals surface area contributed by atoms with Gasteiger partial charge < -0.3 is 5.73 Å². The fourth-order valence-corrected chi connectivity index (χ4v) is 3.29. The Morgan fingerprint density at radius 1 is 1.39 bits per heavy atom. The maximum Gasteiger partial charge on any atom is 0.231 e. The van der Waals surface area contributed by atoms with Crippen molar-refractivity contribution in [3.8, 4) is 0 Å². The summed E-state index contributed by atoms with van der Waals surface area (Å²) in [6.07, 6.45) is 6.26. The second kappa shape index (κ2) is 7.06. The Balaban J connectivity index is 1.78. The number of rotatable bonds is 5. The molecule has 1 amide bonds. The quantitative estimate of drug-likeness (QED) is 0.913. The Labute approximate surface area is 140 Å². The summed E-state index contributed by atoms with van der Waals surface area (Å²) in [6, 6.07) is 7.86. The number of likely N-dealkylation sites (tertiary alicyclic amines) is 1. The standard InChI is InChI=1S/C17H19ClN4O/c18-13-4-1-3-12(7-13)8-14-9-20-10-15(21-14)16-5-2-6-22(16)11-17(19)23/h1,3-4,7,9-10,16H,2,5-6,8,11H2,(H2,19,23). The molecule has 1 aromatic carbocycles. The van der Waals surface area contributed by atoms with Gasteiger partial charge in [-0.15, -0.1) is 0 Å². The molecule has 0 radical (unpaired) electrons. The molecule has 1 fully saturated rings. The first-order valence-electron chi connectivity index (χ1n) is 7.69. The van der Waals surface area contributed by atoms with Gasteiger partial charge in [-0.2, -0.15) is 0 Å². The minimum atomic E-state index is -0.306. The van der Waals surface area contributed by atoms with Crippen molar-refractivity contribution in [3.05, 3.63) is 58.6 Å². The molecule has 0 bridgehead atoms. The monoisotopic (exact) mass is 330 g/mol. The Kier molecular flexibility index (Phi) is 4.88. The summed E-state index contributed by atoms with van der Waals surface area (Å²) in [4.78, 5) is 22.3. The summed E-state index contributed by atoms with van der Waals surface area (Å²) < 4.78 is 0. The SMILES string of the molecule is NC(=O)CN1CCCC1c1cncc(Cc2cccc(Cl)c2)n1. The number of benzene rings is 1. The average Bonchev–Trinajstić information content (AvgIpc) is 2.95. The van der Waals surface area contributed by atoms with Crippen LogP contribution in [0.2, 0.25) is 5.02 Å². The largest absolute Gasteiger partial charge is 0.369 e. The minimum absolute atomic E-state index is 0.120. The third-order valence-electron chi connectivity index (χ3n) is 4.04. The Morgan fingerprint density at radius 2 is 2.26 bits per heavy atom. The van der Waals surface area contributed by atoms with E-state index < -0.39 is 0 Å². The van der Waals surface area contributed by atoms with Crippen LogP contribution in [0.5, 0.6) is 0 Å². The van der Waals surface area contributed by atoms with E-state index in [9.17, 15) is 4.79 Å². The van der Waals surface area contributed by atoms with Crippen LogP contribution in [0, 0.1) is 0 Å². The number of hydrogen-bond acceptors (Lipinski definition) is 4.